The van der Waals surface area contributed by atoms with Gasteiger partial charge in [0.05, 0.1) is 12.0 Å². The van der Waals surface area contributed by atoms with Crippen molar-refractivity contribution in [3.8, 4) is 0 Å². The zero-order valence-corrected chi connectivity index (χ0v) is 24.8. The molecule has 1 aromatic carbocycles. The van der Waals surface area contributed by atoms with Crippen LogP contribution in [0.5, 0.6) is 0 Å². The number of piperazine rings is 1. The van der Waals surface area contributed by atoms with E-state index in [1.807, 2.05) is 72.0 Å². The van der Waals surface area contributed by atoms with E-state index in [4.69, 9.17) is 0 Å². The minimum Gasteiger partial charge on any atom is -0.346 e. The molecule has 39 heavy (non-hydrogen) atoms. The maximum absolute atomic E-state index is 13.3. The van der Waals surface area contributed by atoms with Gasteiger partial charge in [-0.25, -0.2) is 0 Å². The average molecular weight is 542 g/mol. The van der Waals surface area contributed by atoms with Crippen molar-refractivity contribution in [1.82, 2.24) is 15.1 Å². The monoisotopic (exact) mass is 541 g/mol. The Labute approximate surface area is 233 Å². The van der Waals surface area contributed by atoms with Crippen LogP contribution in [0.2, 0.25) is 0 Å². The van der Waals surface area contributed by atoms with Gasteiger partial charge in [-0.1, -0.05) is 65.0 Å². The van der Waals surface area contributed by atoms with Crippen molar-refractivity contribution in [2.75, 3.05) is 33.2 Å². The topological polar surface area (TPSA) is 104 Å². The van der Waals surface area contributed by atoms with E-state index in [9.17, 15) is 24.0 Å². The van der Waals surface area contributed by atoms with Gasteiger partial charge in [0.25, 0.3) is 0 Å². The summed E-state index contributed by atoms with van der Waals surface area (Å²) in [6.45, 7) is 13.9. The molecular weight excluding hydrogens is 494 g/mol. The van der Waals surface area contributed by atoms with Gasteiger partial charge in [-0.2, -0.15) is 0 Å². The summed E-state index contributed by atoms with van der Waals surface area (Å²) in [6, 6.07) is 8.66. The molecule has 0 bridgehead atoms. The molecule has 8 heteroatoms. The maximum Gasteiger partial charge on any atom is 0.224 e. The molecule has 1 heterocycles. The summed E-state index contributed by atoms with van der Waals surface area (Å²) in [6.07, 6.45) is 0.525. The normalized spacial score (nSPS) is 16.9. The quantitative estimate of drug-likeness (QED) is 0.384. The predicted molar refractivity (Wildman–Crippen MR) is 152 cm³/mol. The van der Waals surface area contributed by atoms with Crippen LogP contribution in [0.4, 0.5) is 0 Å². The van der Waals surface area contributed by atoms with E-state index in [0.717, 1.165) is 18.7 Å². The Morgan fingerprint density at radius 1 is 0.897 bits per heavy atom. The summed E-state index contributed by atoms with van der Waals surface area (Å²) >= 11 is 0. The summed E-state index contributed by atoms with van der Waals surface area (Å²) < 4.78 is 0. The van der Waals surface area contributed by atoms with Gasteiger partial charge in [-0.05, 0) is 37.3 Å². The van der Waals surface area contributed by atoms with Crippen LogP contribution in [0.25, 0.3) is 0 Å². The Kier molecular flexibility index (Phi) is 12.0. The van der Waals surface area contributed by atoms with E-state index in [2.05, 4.69) is 10.2 Å². The van der Waals surface area contributed by atoms with E-state index in [-0.39, 0.29) is 42.8 Å². The lowest BCUT2D eigenvalue weighted by atomic mass is 9.77. The highest BCUT2D eigenvalue weighted by Gasteiger charge is 2.37. The molecule has 1 aromatic rings. The summed E-state index contributed by atoms with van der Waals surface area (Å²) in [5.41, 5.74) is 0.489. The van der Waals surface area contributed by atoms with E-state index < -0.39 is 34.9 Å². The zero-order chi connectivity index (χ0) is 29.3. The third-order valence-electron chi connectivity index (χ3n) is 7.76. The Balaban J connectivity index is 1.98. The van der Waals surface area contributed by atoms with E-state index in [1.54, 1.807) is 11.8 Å². The molecule has 0 unspecified atom stereocenters. The van der Waals surface area contributed by atoms with Crippen molar-refractivity contribution in [1.29, 1.82) is 0 Å². The number of likely N-dealkylation sites (N-methyl/N-ethyl adjacent to an activating group) is 1. The number of carbonyl (C=O) groups excluding carboxylic acids is 5. The number of carbonyl (C=O) groups is 5. The number of Topliss-reactive ketones (excluding diaryl/α,β-unsaturated/α-hetero) is 3. The van der Waals surface area contributed by atoms with Gasteiger partial charge in [-0.15, -0.1) is 0 Å². The molecule has 1 aliphatic rings. The molecule has 1 aliphatic heterocycles. The SMILES string of the molecule is CC(C)[C@H](CC(=O)[C@H](C)NC(=O)[C@@H](CC(=O)N1CCN(C)CC1)C(C)(C)C)C(=O)C(=O)CCc1ccccc1. The van der Waals surface area contributed by atoms with Crippen LogP contribution in [0.3, 0.4) is 0 Å². The average Bonchev–Trinajstić information content (AvgIpc) is 2.88. The molecule has 0 saturated carbocycles. The first-order chi connectivity index (χ1) is 18.2. The van der Waals surface area contributed by atoms with Crippen molar-refractivity contribution >= 4 is 29.2 Å². The van der Waals surface area contributed by atoms with Crippen LogP contribution in [0.15, 0.2) is 30.3 Å². The second-order valence-electron chi connectivity index (χ2n) is 12.3. The minimum atomic E-state index is -0.838. The van der Waals surface area contributed by atoms with Crippen molar-refractivity contribution in [3.05, 3.63) is 35.9 Å². The van der Waals surface area contributed by atoms with Gasteiger partial charge in [0.15, 0.2) is 11.6 Å². The molecule has 0 radical (unpaired) electrons. The highest BCUT2D eigenvalue weighted by molar-refractivity contribution is 6.38. The second kappa shape index (κ2) is 14.5. The molecular formula is C31H47N3O5. The molecule has 3 atom stereocenters. The summed E-state index contributed by atoms with van der Waals surface area (Å²) in [5, 5.41) is 2.80. The number of aryl methyl sites for hydroxylation is 1. The fourth-order valence-electron chi connectivity index (χ4n) is 4.80. The molecule has 0 spiro atoms. The van der Waals surface area contributed by atoms with Crippen LogP contribution in [-0.4, -0.2) is 78.2 Å². The highest BCUT2D eigenvalue weighted by Crippen LogP contribution is 2.30. The molecule has 1 fully saturated rings. The Hall–Kier alpha value is -2.87. The molecule has 2 amide bonds. The first kappa shape index (κ1) is 32.3. The minimum absolute atomic E-state index is 0.0587. The van der Waals surface area contributed by atoms with Gasteiger partial charge >= 0.3 is 0 Å². The van der Waals surface area contributed by atoms with E-state index >= 15 is 0 Å². The first-order valence-electron chi connectivity index (χ1n) is 14.1. The molecule has 0 aliphatic carbocycles. The fourth-order valence-corrected chi connectivity index (χ4v) is 4.80. The lowest BCUT2D eigenvalue weighted by Gasteiger charge is -2.35. The smallest absolute Gasteiger partial charge is 0.224 e. The van der Waals surface area contributed by atoms with Crippen LogP contribution >= 0.6 is 0 Å². The van der Waals surface area contributed by atoms with Gasteiger partial charge in [0, 0.05) is 51.4 Å². The number of nitrogens with one attached hydrogen (secondary N) is 1. The third kappa shape index (κ3) is 9.99. The van der Waals surface area contributed by atoms with E-state index in [0.29, 0.717) is 19.5 Å². The summed E-state index contributed by atoms with van der Waals surface area (Å²) in [5.74, 6) is -3.26. The fraction of sp³-hybridized carbons (Fsp3) is 0.645. The number of benzene rings is 1. The van der Waals surface area contributed by atoms with E-state index in [1.165, 1.54) is 0 Å². The maximum atomic E-state index is 13.3. The Morgan fingerprint density at radius 2 is 1.49 bits per heavy atom. The van der Waals surface area contributed by atoms with Gasteiger partial charge in [0.2, 0.25) is 17.6 Å². The third-order valence-corrected chi connectivity index (χ3v) is 7.76. The molecule has 8 nitrogen and oxygen atoms in total. The standard InChI is InChI=1S/C31H47N3O5/c1-21(2)24(29(38)26(35)14-13-23-11-9-8-10-12-23)19-27(36)22(3)32-30(39)25(31(4,5)6)20-28(37)34-17-15-33(7)16-18-34/h8-12,21-22,24-25H,13-20H2,1-7H3,(H,32,39)/t22-,24-,25+/m0/s1. The van der Waals surface area contributed by atoms with Crippen molar-refractivity contribution in [3.63, 3.8) is 0 Å². The first-order valence-corrected chi connectivity index (χ1v) is 14.1. The number of amides is 2. The van der Waals surface area contributed by atoms with Crippen molar-refractivity contribution in [2.45, 2.75) is 73.3 Å². The van der Waals surface area contributed by atoms with Crippen LogP contribution < -0.4 is 5.32 Å². The molecule has 2 rings (SSSR count). The van der Waals surface area contributed by atoms with Crippen molar-refractivity contribution in [2.24, 2.45) is 23.2 Å². The predicted octanol–water partition coefficient (Wildman–Crippen LogP) is 3.32. The zero-order valence-electron chi connectivity index (χ0n) is 24.8. The van der Waals surface area contributed by atoms with Gasteiger partial charge in [-0.3, -0.25) is 24.0 Å². The largest absolute Gasteiger partial charge is 0.346 e. The number of hydrogen-bond acceptors (Lipinski definition) is 6. The Bertz CT molecular complexity index is 1010. The number of nitrogens with zero attached hydrogens (tertiary/aromatic N) is 2. The number of hydrogen-bond donors (Lipinski definition) is 1. The van der Waals surface area contributed by atoms with Gasteiger partial charge < -0.3 is 15.1 Å². The van der Waals surface area contributed by atoms with Gasteiger partial charge in [0.1, 0.15) is 0 Å². The Morgan fingerprint density at radius 3 is 2.03 bits per heavy atom. The molecule has 1 N–H and O–H groups in total. The summed E-state index contributed by atoms with van der Waals surface area (Å²) in [7, 11) is 2.02. The van der Waals surface area contributed by atoms with Crippen molar-refractivity contribution < 1.29 is 24.0 Å². The van der Waals surface area contributed by atoms with Crippen LogP contribution in [0.1, 0.15) is 66.4 Å². The van der Waals surface area contributed by atoms with Crippen LogP contribution in [0, 0.1) is 23.2 Å². The molecule has 0 aromatic heterocycles. The lowest BCUT2D eigenvalue weighted by molar-refractivity contribution is -0.142. The number of rotatable bonds is 13. The second-order valence-corrected chi connectivity index (χ2v) is 12.3. The molecule has 216 valence electrons. The highest BCUT2D eigenvalue weighted by atomic mass is 16.2. The number of ketones is 3. The summed E-state index contributed by atoms with van der Waals surface area (Å²) in [4.78, 5) is 69.0. The van der Waals surface area contributed by atoms with Crippen LogP contribution in [-0.2, 0) is 30.4 Å². The molecule has 1 saturated heterocycles. The lowest BCUT2D eigenvalue weighted by Crippen LogP contribution is -2.50.